The maximum atomic E-state index is 11.9. The van der Waals surface area contributed by atoms with E-state index in [1.54, 1.807) is 6.20 Å². The van der Waals surface area contributed by atoms with E-state index in [1.165, 1.54) is 12.3 Å². The fraction of sp³-hybridized carbons (Fsp3) is 0.125. The predicted octanol–water partition coefficient (Wildman–Crippen LogP) is 3.11. The highest BCUT2D eigenvalue weighted by Crippen LogP contribution is 2.20. The smallest absolute Gasteiger partial charge is 0.358 e. The maximum Gasteiger partial charge on any atom is 0.358 e. The van der Waals surface area contributed by atoms with Gasteiger partial charge in [0.15, 0.2) is 23.2 Å². The first-order valence-corrected chi connectivity index (χ1v) is 7.90. The molecule has 0 unspecified atom stereocenters. The normalized spacial score (nSPS) is 10.4. The van der Waals surface area contributed by atoms with E-state index in [1.807, 2.05) is 30.3 Å². The number of thiazole rings is 1. The molecule has 3 rings (SSSR count). The molecule has 2 heterocycles. The molecule has 2 aromatic heterocycles. The standard InChI is InChI=1S/C16H13N3O4S/c1-10(20)18-16-19-12(9-24-16)15(21)22-8-14-17-7-13(23-14)11-5-3-2-4-6-11/h2-7,9H,8H2,1H3,(H,18,19,20). The number of nitrogens with zero attached hydrogens (tertiary/aromatic N) is 2. The number of carbonyl (C=O) groups is 2. The zero-order chi connectivity index (χ0) is 16.9. The molecule has 24 heavy (non-hydrogen) atoms. The second-order valence-corrected chi connectivity index (χ2v) is 5.64. The van der Waals surface area contributed by atoms with Gasteiger partial charge in [-0.3, -0.25) is 4.79 Å². The number of oxazole rings is 1. The lowest BCUT2D eigenvalue weighted by Gasteiger charge is -1.99. The average Bonchev–Trinajstić information content (AvgIpc) is 3.22. The Morgan fingerprint density at radius 2 is 2.08 bits per heavy atom. The van der Waals surface area contributed by atoms with Crippen LogP contribution in [0.4, 0.5) is 5.13 Å². The number of hydrogen-bond acceptors (Lipinski definition) is 7. The zero-order valence-corrected chi connectivity index (χ0v) is 13.5. The van der Waals surface area contributed by atoms with Gasteiger partial charge in [-0.15, -0.1) is 11.3 Å². The molecule has 8 heteroatoms. The summed E-state index contributed by atoms with van der Waals surface area (Å²) in [6.45, 7) is 1.27. The molecule has 0 aliphatic heterocycles. The van der Waals surface area contributed by atoms with E-state index in [0.29, 0.717) is 16.8 Å². The van der Waals surface area contributed by atoms with E-state index >= 15 is 0 Å². The summed E-state index contributed by atoms with van der Waals surface area (Å²) < 4.78 is 10.7. The highest BCUT2D eigenvalue weighted by molar-refractivity contribution is 7.14. The Morgan fingerprint density at radius 3 is 2.83 bits per heavy atom. The largest absolute Gasteiger partial charge is 0.451 e. The number of esters is 1. The summed E-state index contributed by atoms with van der Waals surface area (Å²) in [4.78, 5) is 30.9. The Hall–Kier alpha value is -3.00. The quantitative estimate of drug-likeness (QED) is 0.715. The summed E-state index contributed by atoms with van der Waals surface area (Å²) in [5, 5.41) is 4.36. The maximum absolute atomic E-state index is 11.9. The molecule has 3 aromatic rings. The van der Waals surface area contributed by atoms with Crippen LogP contribution in [0.25, 0.3) is 11.3 Å². The molecule has 0 spiro atoms. The Kier molecular flexibility index (Phi) is 4.66. The number of anilines is 1. The van der Waals surface area contributed by atoms with Crippen LogP contribution in [0.2, 0.25) is 0 Å². The first kappa shape index (κ1) is 15.9. The molecule has 0 saturated heterocycles. The molecular weight excluding hydrogens is 330 g/mol. The second kappa shape index (κ2) is 7.05. The highest BCUT2D eigenvalue weighted by atomic mass is 32.1. The van der Waals surface area contributed by atoms with Crippen LogP contribution in [0, 0.1) is 0 Å². The number of aromatic nitrogens is 2. The number of carbonyl (C=O) groups excluding carboxylic acids is 2. The number of amides is 1. The first-order valence-electron chi connectivity index (χ1n) is 7.02. The van der Waals surface area contributed by atoms with Crippen molar-refractivity contribution >= 4 is 28.3 Å². The number of nitrogens with one attached hydrogen (secondary N) is 1. The molecule has 0 aliphatic rings. The third-order valence-electron chi connectivity index (χ3n) is 2.93. The van der Waals surface area contributed by atoms with Gasteiger partial charge in [0.2, 0.25) is 11.8 Å². The number of hydrogen-bond donors (Lipinski definition) is 1. The van der Waals surface area contributed by atoms with Crippen LogP contribution < -0.4 is 5.32 Å². The van der Waals surface area contributed by atoms with Crippen molar-refractivity contribution in [2.45, 2.75) is 13.5 Å². The van der Waals surface area contributed by atoms with Crippen molar-refractivity contribution in [3.63, 3.8) is 0 Å². The van der Waals surface area contributed by atoms with Gasteiger partial charge in [0, 0.05) is 17.9 Å². The number of ether oxygens (including phenoxy) is 1. The molecule has 7 nitrogen and oxygen atoms in total. The minimum atomic E-state index is -0.609. The third-order valence-corrected chi connectivity index (χ3v) is 3.69. The van der Waals surface area contributed by atoms with Gasteiger partial charge >= 0.3 is 5.97 Å². The minimum Gasteiger partial charge on any atom is -0.451 e. The van der Waals surface area contributed by atoms with Gasteiger partial charge < -0.3 is 14.5 Å². The van der Waals surface area contributed by atoms with Crippen molar-refractivity contribution in [3.05, 3.63) is 53.5 Å². The number of benzene rings is 1. The van der Waals surface area contributed by atoms with E-state index in [-0.39, 0.29) is 18.2 Å². The van der Waals surface area contributed by atoms with Crippen molar-refractivity contribution in [2.24, 2.45) is 0 Å². The van der Waals surface area contributed by atoms with Gasteiger partial charge in [0.05, 0.1) is 6.20 Å². The van der Waals surface area contributed by atoms with Crippen LogP contribution in [0.5, 0.6) is 0 Å². The van der Waals surface area contributed by atoms with Crippen molar-refractivity contribution in [1.29, 1.82) is 0 Å². The predicted molar refractivity (Wildman–Crippen MR) is 87.5 cm³/mol. The Balaban J connectivity index is 1.59. The Morgan fingerprint density at radius 1 is 1.29 bits per heavy atom. The summed E-state index contributed by atoms with van der Waals surface area (Å²) in [5.41, 5.74) is 1.01. The molecule has 0 aliphatic carbocycles. The topological polar surface area (TPSA) is 94.3 Å². The summed E-state index contributed by atoms with van der Waals surface area (Å²) in [6.07, 6.45) is 1.58. The molecule has 122 valence electrons. The van der Waals surface area contributed by atoms with Gasteiger partial charge in [-0.2, -0.15) is 0 Å². The van der Waals surface area contributed by atoms with Crippen molar-refractivity contribution in [1.82, 2.24) is 9.97 Å². The minimum absolute atomic E-state index is 0.0985. The van der Waals surface area contributed by atoms with Crippen LogP contribution >= 0.6 is 11.3 Å². The lowest BCUT2D eigenvalue weighted by atomic mass is 10.2. The molecule has 0 bridgehead atoms. The monoisotopic (exact) mass is 343 g/mol. The van der Waals surface area contributed by atoms with Gasteiger partial charge in [-0.1, -0.05) is 30.3 Å². The average molecular weight is 343 g/mol. The van der Waals surface area contributed by atoms with Crippen molar-refractivity contribution < 1.29 is 18.7 Å². The van der Waals surface area contributed by atoms with E-state index in [0.717, 1.165) is 16.9 Å². The van der Waals surface area contributed by atoms with Crippen LogP contribution in [-0.2, 0) is 16.1 Å². The Labute approximate surface area is 141 Å². The summed E-state index contributed by atoms with van der Waals surface area (Å²) >= 11 is 1.15. The van der Waals surface area contributed by atoms with E-state index in [4.69, 9.17) is 9.15 Å². The molecule has 0 saturated carbocycles. The van der Waals surface area contributed by atoms with Gasteiger partial charge in [0.1, 0.15) is 0 Å². The first-order chi connectivity index (χ1) is 11.6. The summed E-state index contributed by atoms with van der Waals surface area (Å²) in [5.74, 6) is 0.0302. The van der Waals surface area contributed by atoms with Crippen LogP contribution in [0.15, 0.2) is 46.3 Å². The van der Waals surface area contributed by atoms with Crippen LogP contribution in [0.3, 0.4) is 0 Å². The van der Waals surface area contributed by atoms with Crippen LogP contribution in [-0.4, -0.2) is 21.8 Å². The lowest BCUT2D eigenvalue weighted by Crippen LogP contribution is -2.08. The fourth-order valence-corrected chi connectivity index (χ4v) is 2.62. The van der Waals surface area contributed by atoms with E-state index in [9.17, 15) is 9.59 Å². The molecule has 1 aromatic carbocycles. The van der Waals surface area contributed by atoms with Crippen molar-refractivity contribution in [2.75, 3.05) is 5.32 Å². The van der Waals surface area contributed by atoms with E-state index < -0.39 is 5.97 Å². The van der Waals surface area contributed by atoms with Gasteiger partial charge in [-0.25, -0.2) is 14.8 Å². The van der Waals surface area contributed by atoms with Crippen molar-refractivity contribution in [3.8, 4) is 11.3 Å². The molecule has 0 atom stereocenters. The molecule has 0 radical (unpaired) electrons. The van der Waals surface area contributed by atoms with E-state index in [2.05, 4.69) is 15.3 Å². The zero-order valence-electron chi connectivity index (χ0n) is 12.7. The van der Waals surface area contributed by atoms with Gasteiger partial charge in [0.25, 0.3) is 0 Å². The number of rotatable bonds is 5. The highest BCUT2D eigenvalue weighted by Gasteiger charge is 2.15. The van der Waals surface area contributed by atoms with Gasteiger partial charge in [-0.05, 0) is 0 Å². The molecule has 1 amide bonds. The molecule has 0 fully saturated rings. The molecular formula is C16H13N3O4S. The molecule has 1 N–H and O–H groups in total. The SMILES string of the molecule is CC(=O)Nc1nc(C(=O)OCc2ncc(-c3ccccc3)o2)cs1. The third kappa shape index (κ3) is 3.85. The summed E-state index contributed by atoms with van der Waals surface area (Å²) in [7, 11) is 0. The lowest BCUT2D eigenvalue weighted by molar-refractivity contribution is -0.114. The van der Waals surface area contributed by atoms with Crippen LogP contribution in [0.1, 0.15) is 23.3 Å². The fourth-order valence-electron chi connectivity index (χ4n) is 1.89. The second-order valence-electron chi connectivity index (χ2n) is 4.78. The Bertz CT molecular complexity index is 857. The summed E-state index contributed by atoms with van der Waals surface area (Å²) in [6, 6.07) is 9.49.